The number of hydrogen-bond acceptors (Lipinski definition) is 3. The van der Waals surface area contributed by atoms with Crippen molar-refractivity contribution in [2.45, 2.75) is 18.5 Å². The van der Waals surface area contributed by atoms with Crippen molar-refractivity contribution in [2.75, 3.05) is 7.11 Å². The first kappa shape index (κ1) is 19.6. The lowest BCUT2D eigenvalue weighted by Crippen LogP contribution is -2.44. The molecule has 0 bridgehead atoms. The van der Waals surface area contributed by atoms with Gasteiger partial charge in [0.1, 0.15) is 17.5 Å². The van der Waals surface area contributed by atoms with Gasteiger partial charge < -0.3 is 14.7 Å². The summed E-state index contributed by atoms with van der Waals surface area (Å²) in [5.74, 6) is -1.94. The van der Waals surface area contributed by atoms with Crippen molar-refractivity contribution in [2.24, 2.45) is 0 Å². The van der Waals surface area contributed by atoms with Gasteiger partial charge in [-0.3, -0.25) is 9.59 Å². The van der Waals surface area contributed by atoms with E-state index in [0.717, 1.165) is 0 Å². The second kappa shape index (κ2) is 7.99. The Morgan fingerprint density at radius 2 is 1.70 bits per heavy atom. The topological polar surface area (TPSA) is 66.8 Å². The van der Waals surface area contributed by atoms with Crippen LogP contribution in [0.5, 0.6) is 5.75 Å². The lowest BCUT2D eigenvalue weighted by atomic mass is 9.79. The number of benzene rings is 3. The molecule has 4 rings (SSSR count). The molecule has 0 radical (unpaired) electrons. The minimum absolute atomic E-state index is 0.161. The maximum Gasteiger partial charge on any atom is 0.313 e. The fourth-order valence-corrected chi connectivity index (χ4v) is 3.99. The number of amides is 1. The van der Waals surface area contributed by atoms with E-state index in [1.165, 1.54) is 12.1 Å². The molecule has 30 heavy (non-hydrogen) atoms. The molecule has 0 fully saturated rings. The average Bonchev–Trinajstić information content (AvgIpc) is 2.76. The van der Waals surface area contributed by atoms with Gasteiger partial charge in [0, 0.05) is 12.1 Å². The zero-order chi connectivity index (χ0) is 21.3. The number of fused-ring (bicyclic) bond motifs is 1. The monoisotopic (exact) mass is 405 g/mol. The van der Waals surface area contributed by atoms with Gasteiger partial charge in [-0.25, -0.2) is 4.39 Å². The molecule has 0 aromatic heterocycles. The first-order valence-corrected chi connectivity index (χ1v) is 9.50. The molecule has 0 saturated carbocycles. The highest BCUT2D eigenvalue weighted by Gasteiger charge is 2.44. The first-order valence-electron chi connectivity index (χ1n) is 9.50. The number of carbonyl (C=O) groups excluding carboxylic acids is 1. The van der Waals surface area contributed by atoms with Gasteiger partial charge in [0.15, 0.2) is 0 Å². The van der Waals surface area contributed by atoms with Crippen molar-refractivity contribution in [1.82, 2.24) is 4.90 Å². The number of hydrogen-bond donors (Lipinski definition) is 1. The third kappa shape index (κ3) is 3.52. The minimum Gasteiger partial charge on any atom is -0.497 e. The van der Waals surface area contributed by atoms with E-state index in [1.54, 1.807) is 72.7 Å². The summed E-state index contributed by atoms with van der Waals surface area (Å²) in [6.45, 7) is 0.161. The highest BCUT2D eigenvalue weighted by atomic mass is 19.1. The Kier molecular flexibility index (Phi) is 5.23. The highest BCUT2D eigenvalue weighted by Crippen LogP contribution is 2.43. The third-order valence-corrected chi connectivity index (χ3v) is 5.43. The quantitative estimate of drug-likeness (QED) is 0.683. The molecule has 1 N–H and O–H groups in total. The number of methoxy groups -OCH3 is 1. The molecule has 0 saturated heterocycles. The Morgan fingerprint density at radius 3 is 2.33 bits per heavy atom. The van der Waals surface area contributed by atoms with Crippen molar-refractivity contribution in [1.29, 1.82) is 0 Å². The van der Waals surface area contributed by atoms with Gasteiger partial charge >= 0.3 is 5.97 Å². The molecule has 0 unspecified atom stereocenters. The van der Waals surface area contributed by atoms with Crippen LogP contribution in [-0.2, 0) is 11.3 Å². The van der Waals surface area contributed by atoms with Crippen molar-refractivity contribution >= 4 is 11.9 Å². The summed E-state index contributed by atoms with van der Waals surface area (Å²) in [5.41, 5.74) is 2.27. The number of aliphatic carboxylic acids is 1. The van der Waals surface area contributed by atoms with Crippen LogP contribution in [0.1, 0.15) is 39.0 Å². The van der Waals surface area contributed by atoms with Crippen LogP contribution < -0.4 is 4.74 Å². The van der Waals surface area contributed by atoms with Crippen LogP contribution >= 0.6 is 0 Å². The maximum atomic E-state index is 13.4. The first-order chi connectivity index (χ1) is 14.5. The third-order valence-electron chi connectivity index (χ3n) is 5.43. The molecule has 3 aromatic carbocycles. The van der Waals surface area contributed by atoms with E-state index in [0.29, 0.717) is 28.0 Å². The van der Waals surface area contributed by atoms with Gasteiger partial charge in [0.2, 0.25) is 0 Å². The second-order valence-electron chi connectivity index (χ2n) is 7.18. The molecule has 1 amide bonds. The van der Waals surface area contributed by atoms with E-state index < -0.39 is 17.9 Å². The summed E-state index contributed by atoms with van der Waals surface area (Å²) >= 11 is 0. The predicted molar refractivity (Wildman–Crippen MR) is 109 cm³/mol. The number of carbonyl (C=O) groups is 2. The zero-order valence-electron chi connectivity index (χ0n) is 16.3. The normalized spacial score (nSPS) is 18.1. The Hall–Kier alpha value is -3.67. The van der Waals surface area contributed by atoms with Crippen LogP contribution in [0.3, 0.4) is 0 Å². The molecule has 152 valence electrons. The number of carboxylic acid groups (broad SMARTS) is 1. The van der Waals surface area contributed by atoms with Crippen LogP contribution in [0, 0.1) is 5.82 Å². The lowest BCUT2D eigenvalue weighted by Gasteiger charge is -2.41. The summed E-state index contributed by atoms with van der Waals surface area (Å²) in [6.07, 6.45) is 0. The summed E-state index contributed by atoms with van der Waals surface area (Å²) in [4.78, 5) is 27.3. The van der Waals surface area contributed by atoms with Crippen molar-refractivity contribution < 1.29 is 23.8 Å². The van der Waals surface area contributed by atoms with Crippen molar-refractivity contribution in [3.63, 3.8) is 0 Å². The standard InChI is InChI=1S/C24H20FNO4/c1-30-18-12-8-16(9-13-18)22-21(24(28)29)19-4-2-3-5-20(19)23(27)26(22)14-15-6-10-17(25)11-7-15/h2-13,21-22H,14H2,1H3,(H,28,29)/t21-,22-/m1/s1. The number of nitrogens with zero attached hydrogens (tertiary/aromatic N) is 1. The summed E-state index contributed by atoms with van der Waals surface area (Å²) in [7, 11) is 1.55. The number of ether oxygens (including phenoxy) is 1. The molecular formula is C24H20FNO4. The van der Waals surface area contributed by atoms with E-state index in [9.17, 15) is 19.1 Å². The van der Waals surface area contributed by atoms with E-state index >= 15 is 0 Å². The van der Waals surface area contributed by atoms with Crippen LogP contribution in [0.4, 0.5) is 4.39 Å². The lowest BCUT2D eigenvalue weighted by molar-refractivity contribution is -0.140. The fraction of sp³-hybridized carbons (Fsp3) is 0.167. The Balaban J connectivity index is 1.85. The van der Waals surface area contributed by atoms with Gasteiger partial charge in [-0.2, -0.15) is 0 Å². The fourth-order valence-electron chi connectivity index (χ4n) is 3.99. The summed E-state index contributed by atoms with van der Waals surface area (Å²) < 4.78 is 18.6. The molecule has 3 aromatic rings. The highest BCUT2D eigenvalue weighted by molar-refractivity contribution is 6.00. The molecule has 0 aliphatic carbocycles. The number of halogens is 1. The molecule has 1 aliphatic rings. The minimum atomic E-state index is -1.01. The maximum absolute atomic E-state index is 13.4. The number of carboxylic acids is 1. The van der Waals surface area contributed by atoms with E-state index in [4.69, 9.17) is 4.74 Å². The molecule has 0 spiro atoms. The van der Waals surface area contributed by atoms with E-state index in [2.05, 4.69) is 0 Å². The average molecular weight is 405 g/mol. The van der Waals surface area contributed by atoms with Crippen molar-refractivity contribution in [3.05, 3.63) is 101 Å². The van der Waals surface area contributed by atoms with Gasteiger partial charge in [-0.1, -0.05) is 42.5 Å². The second-order valence-corrected chi connectivity index (χ2v) is 7.18. The Morgan fingerprint density at radius 1 is 1.03 bits per heavy atom. The molecule has 2 atom stereocenters. The largest absolute Gasteiger partial charge is 0.497 e. The SMILES string of the molecule is COc1ccc([C@@H]2[C@H](C(=O)O)c3ccccc3C(=O)N2Cc2ccc(F)cc2)cc1. The van der Waals surface area contributed by atoms with E-state index in [1.807, 2.05) is 0 Å². The van der Waals surface area contributed by atoms with Crippen LogP contribution in [0.2, 0.25) is 0 Å². The molecule has 1 aliphatic heterocycles. The summed E-state index contributed by atoms with van der Waals surface area (Å²) in [5, 5.41) is 10.1. The van der Waals surface area contributed by atoms with Crippen LogP contribution in [0.15, 0.2) is 72.8 Å². The molecular weight excluding hydrogens is 385 g/mol. The van der Waals surface area contributed by atoms with Gasteiger partial charge in [0.25, 0.3) is 5.91 Å². The van der Waals surface area contributed by atoms with E-state index in [-0.39, 0.29) is 18.3 Å². The van der Waals surface area contributed by atoms with Gasteiger partial charge in [0.05, 0.1) is 13.2 Å². The van der Waals surface area contributed by atoms with Gasteiger partial charge in [-0.15, -0.1) is 0 Å². The van der Waals surface area contributed by atoms with Crippen molar-refractivity contribution in [3.8, 4) is 5.75 Å². The smallest absolute Gasteiger partial charge is 0.313 e. The van der Waals surface area contributed by atoms with Gasteiger partial charge in [-0.05, 0) is 47.0 Å². The molecule has 5 nitrogen and oxygen atoms in total. The summed E-state index contributed by atoms with van der Waals surface area (Å²) in [6, 6.07) is 19.0. The predicted octanol–water partition coefficient (Wildman–Crippen LogP) is 4.40. The molecule has 6 heteroatoms. The zero-order valence-corrected chi connectivity index (χ0v) is 16.3. The van der Waals surface area contributed by atoms with Crippen LogP contribution in [-0.4, -0.2) is 29.0 Å². The Labute approximate surface area is 173 Å². The Bertz CT molecular complexity index is 1080. The van der Waals surface area contributed by atoms with Crippen LogP contribution in [0.25, 0.3) is 0 Å². The molecule has 1 heterocycles. The number of rotatable bonds is 5.